The SMILES string of the molecule is CCOc1ccc(NS(=O)(=O)c2ccc3c(c2)[C@H]2C=CC[C@H]2[C@@H](c2c(F)cccc2Cl)N3)cc1. The minimum absolute atomic E-state index is 0.0268. The highest BCUT2D eigenvalue weighted by Crippen LogP contribution is 2.51. The van der Waals surface area contributed by atoms with E-state index in [1.165, 1.54) is 6.07 Å². The average molecular weight is 499 g/mol. The first-order chi connectivity index (χ1) is 16.4. The summed E-state index contributed by atoms with van der Waals surface area (Å²) < 4.78 is 49.0. The molecule has 5 nitrogen and oxygen atoms in total. The molecule has 0 amide bonds. The summed E-state index contributed by atoms with van der Waals surface area (Å²) in [7, 11) is -3.80. The van der Waals surface area contributed by atoms with Crippen LogP contribution in [0.4, 0.5) is 15.8 Å². The smallest absolute Gasteiger partial charge is 0.261 e. The Bertz CT molecular complexity index is 1340. The van der Waals surface area contributed by atoms with Crippen LogP contribution in [0.2, 0.25) is 5.02 Å². The van der Waals surface area contributed by atoms with Crippen LogP contribution in [0.1, 0.15) is 36.4 Å². The van der Waals surface area contributed by atoms with Crippen LogP contribution in [0.3, 0.4) is 0 Å². The number of rotatable bonds is 6. The van der Waals surface area contributed by atoms with Crippen LogP contribution in [0, 0.1) is 11.7 Å². The van der Waals surface area contributed by atoms with Crippen LogP contribution >= 0.6 is 11.6 Å². The molecule has 0 aromatic heterocycles. The van der Waals surface area contributed by atoms with Crippen LogP contribution in [-0.4, -0.2) is 15.0 Å². The molecule has 3 aromatic carbocycles. The molecule has 0 spiro atoms. The Labute approximate surface area is 203 Å². The Morgan fingerprint density at radius 2 is 1.94 bits per heavy atom. The number of nitrogens with one attached hydrogen (secondary N) is 2. The lowest BCUT2D eigenvalue weighted by Gasteiger charge is -2.38. The first kappa shape index (κ1) is 22.7. The summed E-state index contributed by atoms with van der Waals surface area (Å²) >= 11 is 6.37. The molecule has 0 saturated heterocycles. The Morgan fingerprint density at radius 3 is 2.68 bits per heavy atom. The molecule has 5 rings (SSSR count). The highest BCUT2D eigenvalue weighted by molar-refractivity contribution is 7.92. The van der Waals surface area contributed by atoms with Gasteiger partial charge in [-0.25, -0.2) is 12.8 Å². The van der Waals surface area contributed by atoms with Crippen molar-refractivity contribution in [3.63, 3.8) is 0 Å². The summed E-state index contributed by atoms with van der Waals surface area (Å²) in [6.45, 7) is 2.42. The van der Waals surface area contributed by atoms with E-state index >= 15 is 0 Å². The van der Waals surface area contributed by atoms with Crippen LogP contribution in [0.25, 0.3) is 0 Å². The first-order valence-corrected chi connectivity index (χ1v) is 13.0. The maximum atomic E-state index is 14.7. The lowest BCUT2D eigenvalue weighted by atomic mass is 9.77. The summed E-state index contributed by atoms with van der Waals surface area (Å²) in [4.78, 5) is 0.170. The van der Waals surface area contributed by atoms with Gasteiger partial charge in [0.15, 0.2) is 0 Å². The molecule has 3 aromatic rings. The topological polar surface area (TPSA) is 67.4 Å². The van der Waals surface area contributed by atoms with Crippen molar-refractivity contribution in [2.45, 2.75) is 30.2 Å². The molecule has 2 N–H and O–H groups in total. The number of fused-ring (bicyclic) bond motifs is 3. The number of hydrogen-bond acceptors (Lipinski definition) is 4. The third-order valence-corrected chi connectivity index (χ3v) is 8.08. The molecule has 0 radical (unpaired) electrons. The van der Waals surface area contributed by atoms with E-state index in [2.05, 4.69) is 22.2 Å². The fourth-order valence-electron chi connectivity index (χ4n) is 4.83. The number of sulfonamides is 1. The van der Waals surface area contributed by atoms with Crippen LogP contribution in [-0.2, 0) is 10.0 Å². The molecule has 0 unspecified atom stereocenters. The summed E-state index contributed by atoms with van der Waals surface area (Å²) in [5, 5.41) is 3.80. The highest BCUT2D eigenvalue weighted by atomic mass is 35.5. The van der Waals surface area contributed by atoms with Gasteiger partial charge in [-0.3, -0.25) is 4.72 Å². The molecule has 0 fully saturated rings. The van der Waals surface area contributed by atoms with Crippen molar-refractivity contribution in [3.05, 3.63) is 94.8 Å². The molecule has 2 aliphatic rings. The van der Waals surface area contributed by atoms with E-state index in [1.807, 2.05) is 6.92 Å². The van der Waals surface area contributed by atoms with E-state index in [-0.39, 0.29) is 28.6 Å². The molecule has 0 bridgehead atoms. The van der Waals surface area contributed by atoms with Gasteiger partial charge in [0.05, 0.1) is 17.5 Å². The number of hydrogen-bond donors (Lipinski definition) is 2. The standard InChI is InChI=1S/C26H24ClFN2O3S/c1-2-33-17-11-9-16(10-12-17)30-34(31,32)18-13-14-24-21(15-18)19-5-3-6-20(19)26(29-24)25-22(27)7-4-8-23(25)28/h3-5,7-15,19-20,26,29-30H,2,6H2,1H3/t19-,20+,26-/m0/s1. The van der Waals surface area contributed by atoms with Gasteiger partial charge in [0.2, 0.25) is 0 Å². The molecule has 1 aliphatic heterocycles. The van der Waals surface area contributed by atoms with Crippen LogP contribution < -0.4 is 14.8 Å². The van der Waals surface area contributed by atoms with Gasteiger partial charge in [0.1, 0.15) is 11.6 Å². The summed E-state index contributed by atoms with van der Waals surface area (Å²) in [5.41, 5.74) is 2.55. The second-order valence-corrected chi connectivity index (χ2v) is 10.5. The minimum Gasteiger partial charge on any atom is -0.494 e. The Balaban J connectivity index is 1.46. The van der Waals surface area contributed by atoms with Gasteiger partial charge < -0.3 is 10.1 Å². The lowest BCUT2D eigenvalue weighted by Crippen LogP contribution is -2.30. The third-order valence-electron chi connectivity index (χ3n) is 6.37. The Hall–Kier alpha value is -3.03. The van der Waals surface area contributed by atoms with E-state index in [0.29, 0.717) is 28.6 Å². The van der Waals surface area contributed by atoms with Gasteiger partial charge >= 0.3 is 0 Å². The largest absolute Gasteiger partial charge is 0.494 e. The number of benzene rings is 3. The second-order valence-electron chi connectivity index (χ2n) is 8.42. The van der Waals surface area contributed by atoms with Crippen molar-refractivity contribution < 1.29 is 17.5 Å². The monoisotopic (exact) mass is 498 g/mol. The predicted octanol–water partition coefficient (Wildman–Crippen LogP) is 6.51. The number of anilines is 2. The van der Waals surface area contributed by atoms with Gasteiger partial charge in [-0.2, -0.15) is 0 Å². The molecule has 1 aliphatic carbocycles. The minimum atomic E-state index is -3.80. The van der Waals surface area contributed by atoms with Crippen molar-refractivity contribution in [3.8, 4) is 5.75 Å². The fourth-order valence-corrected chi connectivity index (χ4v) is 6.21. The predicted molar refractivity (Wildman–Crippen MR) is 133 cm³/mol. The van der Waals surface area contributed by atoms with Gasteiger partial charge in [0, 0.05) is 27.9 Å². The van der Waals surface area contributed by atoms with Crippen molar-refractivity contribution >= 4 is 33.0 Å². The molecular weight excluding hydrogens is 475 g/mol. The third kappa shape index (κ3) is 4.14. The van der Waals surface area contributed by atoms with Gasteiger partial charge in [-0.05, 0) is 79.4 Å². The average Bonchev–Trinajstić information content (AvgIpc) is 3.30. The van der Waals surface area contributed by atoms with E-state index in [1.54, 1.807) is 54.6 Å². The van der Waals surface area contributed by atoms with E-state index in [0.717, 1.165) is 17.7 Å². The zero-order valence-electron chi connectivity index (χ0n) is 18.5. The normalized spacial score (nSPS) is 20.9. The van der Waals surface area contributed by atoms with Crippen molar-refractivity contribution in [1.82, 2.24) is 0 Å². The molecule has 3 atom stereocenters. The maximum absolute atomic E-state index is 14.7. The molecule has 8 heteroatoms. The first-order valence-electron chi connectivity index (χ1n) is 11.1. The number of allylic oxidation sites excluding steroid dienone is 2. The highest BCUT2D eigenvalue weighted by Gasteiger charge is 2.40. The van der Waals surface area contributed by atoms with E-state index < -0.39 is 10.0 Å². The van der Waals surface area contributed by atoms with Crippen molar-refractivity contribution in [2.24, 2.45) is 5.92 Å². The van der Waals surface area contributed by atoms with Crippen molar-refractivity contribution in [1.29, 1.82) is 0 Å². The molecule has 34 heavy (non-hydrogen) atoms. The zero-order chi connectivity index (χ0) is 23.9. The van der Waals surface area contributed by atoms with Gasteiger partial charge in [-0.15, -0.1) is 0 Å². The molecule has 1 heterocycles. The Morgan fingerprint density at radius 1 is 1.15 bits per heavy atom. The van der Waals surface area contributed by atoms with E-state index in [9.17, 15) is 12.8 Å². The molecular formula is C26H24ClFN2O3S. The molecule has 176 valence electrons. The number of ether oxygens (including phenoxy) is 1. The quantitative estimate of drug-likeness (QED) is 0.380. The van der Waals surface area contributed by atoms with Crippen molar-refractivity contribution in [2.75, 3.05) is 16.6 Å². The second kappa shape index (κ2) is 8.96. The summed E-state index contributed by atoms with van der Waals surface area (Å²) in [6, 6.07) is 16.2. The van der Waals surface area contributed by atoms with Gasteiger partial charge in [-0.1, -0.05) is 29.8 Å². The van der Waals surface area contributed by atoms with E-state index in [4.69, 9.17) is 16.3 Å². The molecule has 0 saturated carbocycles. The number of halogens is 2. The summed E-state index contributed by atoms with van der Waals surface area (Å²) in [6.07, 6.45) is 4.88. The van der Waals surface area contributed by atoms with Gasteiger partial charge in [0.25, 0.3) is 10.0 Å². The zero-order valence-corrected chi connectivity index (χ0v) is 20.0. The van der Waals surface area contributed by atoms with Crippen LogP contribution in [0.15, 0.2) is 77.7 Å². The van der Waals surface area contributed by atoms with Crippen LogP contribution in [0.5, 0.6) is 5.75 Å². The fraction of sp³-hybridized carbons (Fsp3) is 0.231. The Kier molecular flexibility index (Phi) is 6.00. The summed E-state index contributed by atoms with van der Waals surface area (Å²) in [5.74, 6) is 0.309. The maximum Gasteiger partial charge on any atom is 0.261 e. The lowest BCUT2D eigenvalue weighted by molar-refractivity contribution is 0.340.